The van der Waals surface area contributed by atoms with Crippen molar-refractivity contribution in [3.63, 3.8) is 0 Å². The van der Waals surface area contributed by atoms with E-state index in [4.69, 9.17) is 4.74 Å². The lowest BCUT2D eigenvalue weighted by atomic mass is 10.1. The number of pyridine rings is 1. The van der Waals surface area contributed by atoms with Crippen molar-refractivity contribution in [2.24, 2.45) is 7.05 Å². The molecule has 0 unspecified atom stereocenters. The molecule has 0 bridgehead atoms. The van der Waals surface area contributed by atoms with Gasteiger partial charge in [-0.3, -0.25) is 4.57 Å². The van der Waals surface area contributed by atoms with E-state index in [1.54, 1.807) is 6.92 Å². The number of halogens is 1. The van der Waals surface area contributed by atoms with Gasteiger partial charge in [0, 0.05) is 18.1 Å². The molecule has 4 rings (SSSR count). The first-order chi connectivity index (χ1) is 16.3. The SMILES string of the molecule is COC(=O)c1nc(C)cc2cc(-c3ccc(-n4c(Br)nn(C)c4=O)cc3)n(C(O)(O)C(O)(O)O)c12. The van der Waals surface area contributed by atoms with Crippen LogP contribution in [-0.4, -0.2) is 68.5 Å². The molecule has 0 saturated heterocycles. The van der Waals surface area contributed by atoms with E-state index in [0.29, 0.717) is 21.5 Å². The Bertz CT molecular complexity index is 1510. The Kier molecular flexibility index (Phi) is 5.91. The van der Waals surface area contributed by atoms with Gasteiger partial charge in [-0.25, -0.2) is 23.8 Å². The van der Waals surface area contributed by atoms with Crippen LogP contribution in [0.2, 0.25) is 0 Å². The largest absolute Gasteiger partial charge is 0.464 e. The highest BCUT2D eigenvalue weighted by molar-refractivity contribution is 9.10. The first-order valence-electron chi connectivity index (χ1n) is 9.94. The van der Waals surface area contributed by atoms with Crippen molar-refractivity contribution in [2.75, 3.05) is 7.11 Å². The van der Waals surface area contributed by atoms with Crippen molar-refractivity contribution in [1.82, 2.24) is 23.9 Å². The Morgan fingerprint density at radius 3 is 2.23 bits per heavy atom. The van der Waals surface area contributed by atoms with E-state index in [1.165, 1.54) is 48.0 Å². The van der Waals surface area contributed by atoms with Crippen LogP contribution in [-0.2, 0) is 17.7 Å². The third kappa shape index (κ3) is 3.95. The molecular formula is C21H20BrN5O8. The van der Waals surface area contributed by atoms with Gasteiger partial charge in [0.2, 0.25) is 4.73 Å². The number of benzene rings is 1. The molecule has 0 saturated carbocycles. The van der Waals surface area contributed by atoms with E-state index in [9.17, 15) is 35.1 Å². The maximum absolute atomic E-state index is 12.4. The van der Waals surface area contributed by atoms with Gasteiger partial charge in [0.25, 0.3) is 0 Å². The number of nitrogens with zero attached hydrogens (tertiary/aromatic N) is 5. The molecule has 0 atom stereocenters. The fourth-order valence-electron chi connectivity index (χ4n) is 3.73. The van der Waals surface area contributed by atoms with Crippen molar-refractivity contribution in [3.8, 4) is 16.9 Å². The first-order valence-corrected chi connectivity index (χ1v) is 10.7. The van der Waals surface area contributed by atoms with Crippen LogP contribution in [0, 0.1) is 6.92 Å². The van der Waals surface area contributed by atoms with Gasteiger partial charge in [0.1, 0.15) is 0 Å². The van der Waals surface area contributed by atoms with Gasteiger partial charge in [-0.1, -0.05) is 12.1 Å². The highest BCUT2D eigenvalue weighted by atomic mass is 79.9. The molecule has 35 heavy (non-hydrogen) atoms. The second-order valence-corrected chi connectivity index (χ2v) is 8.44. The molecule has 0 fully saturated rings. The second-order valence-electron chi connectivity index (χ2n) is 7.73. The zero-order valence-corrected chi connectivity index (χ0v) is 20.1. The lowest BCUT2D eigenvalue weighted by Crippen LogP contribution is -2.56. The molecule has 0 amide bonds. The monoisotopic (exact) mass is 549 g/mol. The molecule has 4 aromatic rings. The lowest BCUT2D eigenvalue weighted by molar-refractivity contribution is -0.479. The zero-order valence-electron chi connectivity index (χ0n) is 18.5. The van der Waals surface area contributed by atoms with Gasteiger partial charge in [-0.05, 0) is 52.7 Å². The third-order valence-corrected chi connectivity index (χ3v) is 5.87. The molecular weight excluding hydrogens is 530 g/mol. The summed E-state index contributed by atoms with van der Waals surface area (Å²) in [6.07, 6.45) is 0. The number of ether oxygens (including phenoxy) is 1. The average molecular weight is 550 g/mol. The van der Waals surface area contributed by atoms with Crippen molar-refractivity contribution >= 4 is 32.8 Å². The number of aliphatic hydroxyl groups is 5. The number of hydrogen-bond acceptors (Lipinski definition) is 10. The van der Waals surface area contributed by atoms with Gasteiger partial charge >= 0.3 is 23.5 Å². The standard InChI is InChI=1S/C21H20BrN5O8/c1-10-8-12-9-14(11-4-6-13(7-5-11)26-18(22)24-25(2)19(26)29)27(20(30,31)21(32,33)34)16(12)15(23-10)17(28)35-3/h4-9,30-34H,1-3H3. The van der Waals surface area contributed by atoms with E-state index < -0.39 is 23.5 Å². The molecule has 1 aromatic carbocycles. The summed E-state index contributed by atoms with van der Waals surface area (Å²) < 4.78 is 7.98. The van der Waals surface area contributed by atoms with Crippen molar-refractivity contribution in [2.45, 2.75) is 18.8 Å². The molecule has 0 aliphatic heterocycles. The van der Waals surface area contributed by atoms with Gasteiger partial charge < -0.3 is 30.3 Å². The van der Waals surface area contributed by atoms with Gasteiger partial charge in [0.15, 0.2) is 5.69 Å². The van der Waals surface area contributed by atoms with Gasteiger partial charge in [-0.2, -0.15) is 0 Å². The van der Waals surface area contributed by atoms with Gasteiger partial charge in [-0.15, -0.1) is 5.10 Å². The smallest absolute Gasteiger partial charge is 0.358 e. The van der Waals surface area contributed by atoms with E-state index in [1.807, 2.05) is 0 Å². The van der Waals surface area contributed by atoms with Crippen molar-refractivity contribution in [1.29, 1.82) is 0 Å². The molecule has 0 spiro atoms. The third-order valence-electron chi connectivity index (χ3n) is 5.35. The number of esters is 1. The molecule has 0 aliphatic carbocycles. The minimum absolute atomic E-state index is 0.0340. The summed E-state index contributed by atoms with van der Waals surface area (Å²) in [6.45, 7) is 1.60. The van der Waals surface area contributed by atoms with Crippen LogP contribution >= 0.6 is 15.9 Å². The quantitative estimate of drug-likeness (QED) is 0.163. The summed E-state index contributed by atoms with van der Waals surface area (Å²) in [5.74, 6) is -8.71. The van der Waals surface area contributed by atoms with Crippen LogP contribution in [0.15, 0.2) is 45.9 Å². The van der Waals surface area contributed by atoms with Crippen LogP contribution in [0.4, 0.5) is 0 Å². The topological polar surface area (TPSA) is 185 Å². The molecule has 13 nitrogen and oxygen atoms in total. The van der Waals surface area contributed by atoms with Crippen LogP contribution in [0.1, 0.15) is 16.2 Å². The molecule has 5 N–H and O–H groups in total. The number of aromatic nitrogens is 5. The summed E-state index contributed by atoms with van der Waals surface area (Å²) in [5, 5.41) is 54.8. The van der Waals surface area contributed by atoms with Crippen LogP contribution in [0.5, 0.6) is 0 Å². The summed E-state index contributed by atoms with van der Waals surface area (Å²) in [7, 11) is 2.58. The number of carbonyl (C=O) groups excluding carboxylic acids is 1. The highest BCUT2D eigenvalue weighted by Gasteiger charge is 2.51. The maximum Gasteiger partial charge on any atom is 0.358 e. The average Bonchev–Trinajstić information content (AvgIpc) is 3.28. The minimum atomic E-state index is -4.04. The Morgan fingerprint density at radius 1 is 1.09 bits per heavy atom. The second kappa shape index (κ2) is 8.37. The minimum Gasteiger partial charge on any atom is -0.464 e. The molecule has 14 heteroatoms. The van der Waals surface area contributed by atoms with E-state index in [2.05, 4.69) is 26.0 Å². The molecule has 3 aromatic heterocycles. The fraction of sp³-hybridized carbons (Fsp3) is 0.238. The Morgan fingerprint density at radius 2 is 1.71 bits per heavy atom. The van der Waals surface area contributed by atoms with Crippen molar-refractivity contribution in [3.05, 3.63) is 63.0 Å². The summed E-state index contributed by atoms with van der Waals surface area (Å²) in [4.78, 5) is 28.9. The van der Waals surface area contributed by atoms with Gasteiger partial charge in [0.05, 0.1) is 24.0 Å². The highest BCUT2D eigenvalue weighted by Crippen LogP contribution is 2.37. The number of rotatable bonds is 5. The molecule has 0 aliphatic rings. The zero-order chi connectivity index (χ0) is 25.9. The predicted molar refractivity (Wildman–Crippen MR) is 123 cm³/mol. The Balaban J connectivity index is 2.01. The number of methoxy groups -OCH3 is 1. The Labute approximate surface area is 204 Å². The Hall–Kier alpha value is -3.40. The van der Waals surface area contributed by atoms with Crippen molar-refractivity contribution < 1.29 is 35.1 Å². The van der Waals surface area contributed by atoms with Crippen LogP contribution < -0.4 is 5.69 Å². The number of carbonyl (C=O) groups is 1. The summed E-state index contributed by atoms with van der Waals surface area (Å²) in [5.41, 5.74) is 0.0683. The summed E-state index contributed by atoms with van der Waals surface area (Å²) >= 11 is 3.21. The van der Waals surface area contributed by atoms with Crippen LogP contribution in [0.3, 0.4) is 0 Å². The molecule has 184 valence electrons. The van der Waals surface area contributed by atoms with Crippen LogP contribution in [0.25, 0.3) is 27.8 Å². The fourth-order valence-corrected chi connectivity index (χ4v) is 4.32. The summed E-state index contributed by atoms with van der Waals surface area (Å²) in [6, 6.07) is 9.05. The number of aryl methyl sites for hydroxylation is 2. The molecule has 0 radical (unpaired) electrons. The first kappa shape index (κ1) is 24.7. The predicted octanol–water partition coefficient (Wildman–Crippen LogP) is -0.329. The number of hydrogen-bond donors (Lipinski definition) is 5. The lowest BCUT2D eigenvalue weighted by Gasteiger charge is -2.33. The maximum atomic E-state index is 12.4. The van der Waals surface area contributed by atoms with E-state index in [0.717, 1.165) is 11.8 Å². The molecule has 3 heterocycles. The van der Waals surface area contributed by atoms with E-state index in [-0.39, 0.29) is 27.0 Å². The number of fused-ring (bicyclic) bond motifs is 1. The normalized spacial score (nSPS) is 12.4. The van der Waals surface area contributed by atoms with E-state index >= 15 is 0 Å².